The van der Waals surface area contributed by atoms with Crippen molar-refractivity contribution < 1.29 is 14.3 Å². The molecule has 0 spiro atoms. The number of hydrogen-bond acceptors (Lipinski definition) is 4. The van der Waals surface area contributed by atoms with E-state index in [-0.39, 0.29) is 11.9 Å². The zero-order chi connectivity index (χ0) is 27.7. The second-order valence-electron chi connectivity index (χ2n) is 10.5. The molecule has 4 nitrogen and oxygen atoms in total. The second-order valence-corrected chi connectivity index (χ2v) is 11.8. The molecule has 0 saturated heterocycles. The molecule has 1 saturated carbocycles. The van der Waals surface area contributed by atoms with E-state index in [4.69, 9.17) is 4.74 Å². The van der Waals surface area contributed by atoms with E-state index in [0.717, 1.165) is 66.9 Å². The molecule has 0 aliphatic heterocycles. The second kappa shape index (κ2) is 14.0. The number of aryl methyl sites for hydroxylation is 1. The van der Waals surface area contributed by atoms with Crippen molar-refractivity contribution in [3.8, 4) is 0 Å². The lowest BCUT2D eigenvalue weighted by Gasteiger charge is -2.30. The first-order valence-corrected chi connectivity index (χ1v) is 15.0. The minimum Gasteiger partial charge on any atom is -0.463 e. The molecule has 0 radical (unpaired) electrons. The first kappa shape index (κ1) is 30.0. The Balaban J connectivity index is 1.86. The number of hydrogen-bond donors (Lipinski definition) is 0. The van der Waals surface area contributed by atoms with Crippen LogP contribution in [0.4, 0.5) is 0 Å². The van der Waals surface area contributed by atoms with Crippen molar-refractivity contribution in [2.24, 2.45) is 0 Å². The maximum atomic E-state index is 14.3. The third kappa shape index (κ3) is 7.53. The number of carbonyl (C=O) groups is 2. The summed E-state index contributed by atoms with van der Waals surface area (Å²) in [5, 5.41) is 0. The van der Waals surface area contributed by atoms with E-state index < -0.39 is 5.41 Å². The SMILES string of the molecule is CCOC(=O)/C(C)=C(\C)S/C(CN(CCCC1=CC=CC1)C(=O)C1(c2ccc(CC)cc2)CC1)=C(\C)CC. The van der Waals surface area contributed by atoms with Gasteiger partial charge in [-0.05, 0) is 88.7 Å². The maximum Gasteiger partial charge on any atom is 0.334 e. The Morgan fingerprint density at radius 3 is 2.32 bits per heavy atom. The van der Waals surface area contributed by atoms with Crippen molar-refractivity contribution in [2.45, 2.75) is 91.9 Å². The van der Waals surface area contributed by atoms with Gasteiger partial charge in [-0.3, -0.25) is 4.79 Å². The lowest BCUT2D eigenvalue weighted by atomic mass is 9.92. The largest absolute Gasteiger partial charge is 0.463 e. The highest BCUT2D eigenvalue weighted by atomic mass is 32.2. The molecule has 0 N–H and O–H groups in total. The highest BCUT2D eigenvalue weighted by molar-refractivity contribution is 8.06. The molecule has 0 bridgehead atoms. The van der Waals surface area contributed by atoms with Gasteiger partial charge >= 0.3 is 5.97 Å². The molecule has 5 heteroatoms. The van der Waals surface area contributed by atoms with Gasteiger partial charge in [0.15, 0.2) is 0 Å². The van der Waals surface area contributed by atoms with E-state index in [1.807, 2.05) is 20.8 Å². The predicted octanol–water partition coefficient (Wildman–Crippen LogP) is 8.05. The summed E-state index contributed by atoms with van der Waals surface area (Å²) in [6.45, 7) is 13.7. The molecule has 38 heavy (non-hydrogen) atoms. The third-order valence-corrected chi connectivity index (χ3v) is 9.20. The van der Waals surface area contributed by atoms with Crippen LogP contribution in [0.25, 0.3) is 0 Å². The minimum atomic E-state index is -0.401. The van der Waals surface area contributed by atoms with Crippen LogP contribution in [0.15, 0.2) is 69.0 Å². The molecule has 1 aromatic rings. The van der Waals surface area contributed by atoms with Crippen LogP contribution in [0.1, 0.15) is 91.2 Å². The molecule has 3 rings (SSSR count). The van der Waals surface area contributed by atoms with Crippen LogP contribution < -0.4 is 0 Å². The molecule has 1 amide bonds. The van der Waals surface area contributed by atoms with Crippen LogP contribution >= 0.6 is 11.8 Å². The summed E-state index contributed by atoms with van der Waals surface area (Å²) in [5.41, 5.74) is 5.36. The number of allylic oxidation sites excluding steroid dienone is 6. The summed E-state index contributed by atoms with van der Waals surface area (Å²) in [4.78, 5) is 30.8. The molecule has 2 aliphatic carbocycles. The highest BCUT2D eigenvalue weighted by Gasteiger charge is 2.53. The van der Waals surface area contributed by atoms with Crippen molar-refractivity contribution in [1.82, 2.24) is 4.90 Å². The molecule has 1 aromatic carbocycles. The van der Waals surface area contributed by atoms with Gasteiger partial charge in [-0.2, -0.15) is 0 Å². The fourth-order valence-electron chi connectivity index (χ4n) is 4.81. The Kier molecular flexibility index (Phi) is 11.1. The molecule has 0 unspecified atom stereocenters. The molecule has 2 aliphatic rings. The normalized spacial score (nSPS) is 16.9. The van der Waals surface area contributed by atoms with Gasteiger partial charge in [0.1, 0.15) is 0 Å². The van der Waals surface area contributed by atoms with Gasteiger partial charge in [0.05, 0.1) is 18.6 Å². The Morgan fingerprint density at radius 2 is 1.76 bits per heavy atom. The van der Waals surface area contributed by atoms with Crippen molar-refractivity contribution >= 4 is 23.6 Å². The van der Waals surface area contributed by atoms with E-state index >= 15 is 0 Å². The van der Waals surface area contributed by atoms with Crippen LogP contribution in [0.5, 0.6) is 0 Å². The Bertz CT molecular complexity index is 1120. The first-order valence-electron chi connectivity index (χ1n) is 14.2. The summed E-state index contributed by atoms with van der Waals surface area (Å²) in [7, 11) is 0. The van der Waals surface area contributed by atoms with Crippen LogP contribution in [0.3, 0.4) is 0 Å². The standard InChI is InChI=1S/C33H45NO3S/c1-7-24(4)30(38-26(6)25(5)31(35)37-9-3)23-34(22-12-15-28-13-10-11-14-28)32(36)33(20-21-33)29-18-16-27(8-2)17-19-29/h10-11,13,16-19H,7-9,12,14-15,20-23H2,1-6H3/b26-25+,30-24+. The van der Waals surface area contributed by atoms with Gasteiger partial charge in [-0.1, -0.05) is 79.2 Å². The molecular weight excluding hydrogens is 490 g/mol. The van der Waals surface area contributed by atoms with Crippen LogP contribution in [0, 0.1) is 0 Å². The molecule has 0 atom stereocenters. The zero-order valence-electron chi connectivity index (χ0n) is 24.2. The zero-order valence-corrected chi connectivity index (χ0v) is 25.0. The maximum absolute atomic E-state index is 14.3. The number of amides is 1. The average molecular weight is 536 g/mol. The minimum absolute atomic E-state index is 0.242. The van der Waals surface area contributed by atoms with Gasteiger partial charge in [0, 0.05) is 17.0 Å². The van der Waals surface area contributed by atoms with Crippen LogP contribution in [-0.4, -0.2) is 36.5 Å². The summed E-state index contributed by atoms with van der Waals surface area (Å²) >= 11 is 1.62. The van der Waals surface area contributed by atoms with Gasteiger partial charge in [-0.15, -0.1) is 0 Å². The predicted molar refractivity (Wildman–Crippen MR) is 160 cm³/mol. The van der Waals surface area contributed by atoms with Gasteiger partial charge in [-0.25, -0.2) is 4.79 Å². The molecule has 0 heterocycles. The number of thioether (sulfide) groups is 1. The summed E-state index contributed by atoms with van der Waals surface area (Å²) in [5.74, 6) is -0.0316. The summed E-state index contributed by atoms with van der Waals surface area (Å²) in [6, 6.07) is 8.66. The smallest absolute Gasteiger partial charge is 0.334 e. The van der Waals surface area contributed by atoms with Crippen LogP contribution in [0.2, 0.25) is 0 Å². The van der Waals surface area contributed by atoms with E-state index in [2.05, 4.69) is 68.2 Å². The number of carbonyl (C=O) groups excluding carboxylic acids is 2. The molecular formula is C33H45NO3S. The fourth-order valence-corrected chi connectivity index (χ4v) is 5.95. The quantitative estimate of drug-likeness (QED) is 0.179. The summed E-state index contributed by atoms with van der Waals surface area (Å²) < 4.78 is 5.23. The lowest BCUT2D eigenvalue weighted by Crippen LogP contribution is -2.41. The van der Waals surface area contributed by atoms with E-state index in [9.17, 15) is 9.59 Å². The van der Waals surface area contributed by atoms with Crippen molar-refractivity contribution in [3.05, 3.63) is 80.2 Å². The van der Waals surface area contributed by atoms with Gasteiger partial charge in [0.25, 0.3) is 0 Å². The number of nitrogens with zero attached hydrogens (tertiary/aromatic N) is 1. The monoisotopic (exact) mass is 535 g/mol. The topological polar surface area (TPSA) is 46.6 Å². The van der Waals surface area contributed by atoms with Crippen molar-refractivity contribution in [2.75, 3.05) is 19.7 Å². The lowest BCUT2D eigenvalue weighted by molar-refractivity contribution is -0.138. The van der Waals surface area contributed by atoms with E-state index in [1.54, 1.807) is 11.8 Å². The summed E-state index contributed by atoms with van der Waals surface area (Å²) in [6.07, 6.45) is 13.2. The Labute approximate surface area is 234 Å². The Morgan fingerprint density at radius 1 is 1.05 bits per heavy atom. The Hall–Kier alpha value is -2.53. The van der Waals surface area contributed by atoms with Gasteiger partial charge < -0.3 is 9.64 Å². The molecule has 206 valence electrons. The van der Waals surface area contributed by atoms with E-state index in [0.29, 0.717) is 18.7 Å². The number of rotatable bonds is 14. The van der Waals surface area contributed by atoms with Gasteiger partial charge in [0.2, 0.25) is 5.91 Å². The third-order valence-electron chi connectivity index (χ3n) is 7.86. The average Bonchev–Trinajstić information content (AvgIpc) is 3.58. The number of benzene rings is 1. The highest BCUT2D eigenvalue weighted by Crippen LogP contribution is 2.50. The number of ether oxygens (including phenoxy) is 1. The fraction of sp³-hybridized carbons (Fsp3) is 0.515. The van der Waals surface area contributed by atoms with Crippen molar-refractivity contribution in [1.29, 1.82) is 0 Å². The van der Waals surface area contributed by atoms with E-state index in [1.165, 1.54) is 16.7 Å². The molecule has 1 fully saturated rings. The van der Waals surface area contributed by atoms with Crippen molar-refractivity contribution in [3.63, 3.8) is 0 Å². The first-order chi connectivity index (χ1) is 18.2. The van der Waals surface area contributed by atoms with Crippen LogP contribution in [-0.2, 0) is 26.2 Å². The number of esters is 1. The molecule has 0 aromatic heterocycles.